The maximum absolute atomic E-state index is 13.4. The highest BCUT2D eigenvalue weighted by atomic mass is 16.5. The molecule has 0 aliphatic carbocycles. The summed E-state index contributed by atoms with van der Waals surface area (Å²) in [4.78, 5) is 22.4. The predicted octanol–water partition coefficient (Wildman–Crippen LogP) is 3.14. The smallest absolute Gasteiger partial charge is 0.252 e. The summed E-state index contributed by atoms with van der Waals surface area (Å²) in [5.74, 6) is 0.577. The van der Waals surface area contributed by atoms with Crippen LogP contribution in [-0.4, -0.2) is 74.6 Å². The number of allylic oxidation sites excluding steroid dienone is 1. The van der Waals surface area contributed by atoms with Gasteiger partial charge in [-0.1, -0.05) is 6.07 Å². The molecule has 2 bridgehead atoms. The van der Waals surface area contributed by atoms with Crippen molar-refractivity contribution in [1.82, 2.24) is 10.2 Å². The van der Waals surface area contributed by atoms with Crippen LogP contribution in [0.3, 0.4) is 0 Å². The van der Waals surface area contributed by atoms with Crippen molar-refractivity contribution in [3.8, 4) is 5.75 Å². The number of nitrogens with one attached hydrogen (secondary N) is 1. The van der Waals surface area contributed by atoms with E-state index in [0.29, 0.717) is 23.4 Å². The molecule has 0 saturated carbocycles. The number of carbonyl (C=O) groups excluding carboxylic acids is 1. The number of benzene rings is 2. The molecule has 2 fully saturated rings. The number of rotatable bonds is 9. The highest BCUT2D eigenvalue weighted by molar-refractivity contribution is 6.09. The number of nitrogens with two attached hydrogens (primary N) is 1. The Kier molecular flexibility index (Phi) is 8.51. The molecule has 4 rings (SSSR count). The van der Waals surface area contributed by atoms with Crippen molar-refractivity contribution in [2.75, 3.05) is 45.3 Å². The molecule has 1 amide bonds. The van der Waals surface area contributed by atoms with Crippen LogP contribution in [0.5, 0.6) is 5.75 Å². The van der Waals surface area contributed by atoms with E-state index in [4.69, 9.17) is 10.5 Å². The number of aryl methyl sites for hydroxylation is 1. The molecule has 0 unspecified atom stereocenters. The fourth-order valence-corrected chi connectivity index (χ4v) is 5.60. The van der Waals surface area contributed by atoms with Crippen LogP contribution in [0.1, 0.15) is 52.9 Å². The normalized spacial score (nSPS) is 20.9. The quantitative estimate of drug-likeness (QED) is 0.453. The molecule has 2 aliphatic heterocycles. The van der Waals surface area contributed by atoms with E-state index < -0.39 is 0 Å². The maximum Gasteiger partial charge on any atom is 0.252 e. The van der Waals surface area contributed by atoms with Crippen LogP contribution >= 0.6 is 0 Å². The second kappa shape index (κ2) is 11.8. The Bertz CT molecular complexity index is 1160. The lowest BCUT2D eigenvalue weighted by Gasteiger charge is -2.42. The molecule has 2 aromatic rings. The van der Waals surface area contributed by atoms with Gasteiger partial charge in [-0.2, -0.15) is 0 Å². The number of hydrogen-bond acceptors (Lipinski definition) is 7. The fourth-order valence-electron chi connectivity index (χ4n) is 5.60. The van der Waals surface area contributed by atoms with Crippen LogP contribution in [0, 0.1) is 6.92 Å². The van der Waals surface area contributed by atoms with E-state index in [-0.39, 0.29) is 18.6 Å². The van der Waals surface area contributed by atoms with E-state index in [9.17, 15) is 9.90 Å². The number of hydrogen-bond donors (Lipinski definition) is 3. The van der Waals surface area contributed by atoms with Gasteiger partial charge in [-0.25, -0.2) is 0 Å². The molecule has 2 aromatic carbocycles. The van der Waals surface area contributed by atoms with E-state index in [1.807, 2.05) is 44.2 Å². The third kappa shape index (κ3) is 5.81. The average molecular weight is 506 g/mol. The third-order valence-corrected chi connectivity index (χ3v) is 7.62. The van der Waals surface area contributed by atoms with Crippen LogP contribution in [0.4, 0.5) is 5.69 Å². The van der Waals surface area contributed by atoms with Gasteiger partial charge in [0.15, 0.2) is 0 Å². The third-order valence-electron chi connectivity index (χ3n) is 7.62. The zero-order valence-electron chi connectivity index (χ0n) is 22.3. The summed E-state index contributed by atoms with van der Waals surface area (Å²) >= 11 is 0. The Morgan fingerprint density at radius 3 is 2.59 bits per heavy atom. The fraction of sp³-hybridized carbons (Fsp3) is 0.448. The predicted molar refractivity (Wildman–Crippen MR) is 149 cm³/mol. The minimum Gasteiger partial charge on any atom is -0.497 e. The minimum absolute atomic E-state index is 0.109. The first kappa shape index (κ1) is 26.7. The van der Waals surface area contributed by atoms with Gasteiger partial charge in [0.05, 0.1) is 19.8 Å². The average Bonchev–Trinajstić information content (AvgIpc) is 3.13. The maximum atomic E-state index is 13.4. The number of piperazine rings is 1. The van der Waals surface area contributed by atoms with E-state index in [2.05, 4.69) is 26.2 Å². The van der Waals surface area contributed by atoms with E-state index >= 15 is 0 Å². The summed E-state index contributed by atoms with van der Waals surface area (Å²) < 4.78 is 5.51. The SMILES string of the molecule is CN=C/C(=C\N)c1cc(OC)cc([C@@H](C)NC(=O)c2cc(N3C[C@H]4CC[C@@H](C3)N4CCO)ccc2C)c1. The van der Waals surface area contributed by atoms with Crippen molar-refractivity contribution >= 4 is 23.4 Å². The number of amides is 1. The standard InChI is InChI=1S/C29H39N5O3/c1-19-5-6-24(33-17-25-7-8-26(18-33)34(25)9-10-35)14-28(19)29(36)32-20(2)21-11-22(13-27(12-21)37-4)23(15-30)16-31-3/h5-6,11-16,20,25-26,35H,7-10,17-18,30H2,1-4H3,(H,32,36)/b23-15+,31-16?/t20-,25-,26+/m1/s1. The lowest BCUT2D eigenvalue weighted by atomic mass is 9.99. The molecule has 0 radical (unpaired) electrons. The van der Waals surface area contributed by atoms with Crippen molar-refractivity contribution in [1.29, 1.82) is 0 Å². The van der Waals surface area contributed by atoms with Crippen LogP contribution < -0.4 is 20.7 Å². The molecule has 37 heavy (non-hydrogen) atoms. The second-order valence-electron chi connectivity index (χ2n) is 9.95. The molecular formula is C29H39N5O3. The Morgan fingerprint density at radius 2 is 1.97 bits per heavy atom. The van der Waals surface area contributed by atoms with Gasteiger partial charge in [0, 0.05) is 68.0 Å². The van der Waals surface area contributed by atoms with Crippen LogP contribution in [0.2, 0.25) is 0 Å². The van der Waals surface area contributed by atoms with Gasteiger partial charge in [-0.3, -0.25) is 14.7 Å². The lowest BCUT2D eigenvalue weighted by molar-refractivity contribution is 0.0939. The summed E-state index contributed by atoms with van der Waals surface area (Å²) in [6.07, 6.45) is 5.53. The van der Waals surface area contributed by atoms with Crippen LogP contribution in [-0.2, 0) is 0 Å². The van der Waals surface area contributed by atoms with Crippen molar-refractivity contribution in [2.24, 2.45) is 10.7 Å². The number of ether oxygens (including phenoxy) is 1. The van der Waals surface area contributed by atoms with Crippen LogP contribution in [0.15, 0.2) is 47.6 Å². The largest absolute Gasteiger partial charge is 0.497 e. The molecule has 3 atom stereocenters. The van der Waals surface area contributed by atoms with Gasteiger partial charge < -0.3 is 25.8 Å². The molecule has 198 valence electrons. The Labute approximate surface area is 219 Å². The van der Waals surface area contributed by atoms with Crippen molar-refractivity contribution in [3.05, 3.63) is 64.9 Å². The van der Waals surface area contributed by atoms with Crippen molar-refractivity contribution in [2.45, 2.75) is 44.8 Å². The Morgan fingerprint density at radius 1 is 1.24 bits per heavy atom. The lowest BCUT2D eigenvalue weighted by Crippen LogP contribution is -2.54. The topological polar surface area (TPSA) is 103 Å². The van der Waals surface area contributed by atoms with Gasteiger partial charge >= 0.3 is 0 Å². The molecule has 0 aromatic heterocycles. The molecule has 0 spiro atoms. The van der Waals surface area contributed by atoms with Gasteiger partial charge in [0.25, 0.3) is 5.91 Å². The molecule has 2 saturated heterocycles. The van der Waals surface area contributed by atoms with Gasteiger partial charge in [-0.05, 0) is 73.7 Å². The first-order chi connectivity index (χ1) is 17.9. The van der Waals surface area contributed by atoms with E-state index in [0.717, 1.165) is 60.4 Å². The Balaban J connectivity index is 1.52. The zero-order chi connectivity index (χ0) is 26.5. The first-order valence-corrected chi connectivity index (χ1v) is 12.9. The molecule has 2 heterocycles. The number of anilines is 1. The van der Waals surface area contributed by atoms with Gasteiger partial charge in [0.1, 0.15) is 5.75 Å². The monoisotopic (exact) mass is 505 g/mol. The summed E-state index contributed by atoms with van der Waals surface area (Å²) in [5, 5.41) is 12.6. The zero-order valence-corrected chi connectivity index (χ0v) is 22.3. The van der Waals surface area contributed by atoms with Gasteiger partial charge in [0.2, 0.25) is 0 Å². The number of methoxy groups -OCH3 is 1. The van der Waals surface area contributed by atoms with Gasteiger partial charge in [-0.15, -0.1) is 0 Å². The first-order valence-electron chi connectivity index (χ1n) is 12.9. The van der Waals surface area contributed by atoms with Crippen LogP contribution in [0.25, 0.3) is 5.57 Å². The highest BCUT2D eigenvalue weighted by Crippen LogP contribution is 2.33. The number of nitrogens with zero attached hydrogens (tertiary/aromatic N) is 3. The van der Waals surface area contributed by atoms with Crippen molar-refractivity contribution in [3.63, 3.8) is 0 Å². The highest BCUT2D eigenvalue weighted by Gasteiger charge is 2.39. The minimum atomic E-state index is -0.250. The van der Waals surface area contributed by atoms with E-state index in [1.54, 1.807) is 20.4 Å². The molecule has 2 aliphatic rings. The molecular weight excluding hydrogens is 466 g/mol. The number of fused-ring (bicyclic) bond motifs is 2. The number of carbonyl (C=O) groups is 1. The summed E-state index contributed by atoms with van der Waals surface area (Å²) in [6, 6.07) is 12.6. The molecule has 8 nitrogen and oxygen atoms in total. The molecule has 4 N–H and O–H groups in total. The number of aliphatic hydroxyl groups excluding tert-OH is 1. The second-order valence-corrected chi connectivity index (χ2v) is 9.95. The summed E-state index contributed by atoms with van der Waals surface area (Å²) in [6.45, 7) is 6.71. The van der Waals surface area contributed by atoms with E-state index in [1.165, 1.54) is 6.20 Å². The molecule has 8 heteroatoms. The van der Waals surface area contributed by atoms with Crippen molar-refractivity contribution < 1.29 is 14.6 Å². The number of aliphatic imine (C=N–C) groups is 1. The number of aliphatic hydroxyl groups is 1. The Hall–Kier alpha value is -3.36. The summed E-state index contributed by atoms with van der Waals surface area (Å²) in [5.41, 5.74) is 11.1. The summed E-state index contributed by atoms with van der Waals surface area (Å²) in [7, 11) is 3.32.